The average molecular weight is 779 g/mol. The smallest absolute Gasteiger partial charge is 0.309 e. The predicted molar refractivity (Wildman–Crippen MR) is 226 cm³/mol. The molecule has 2 rings (SSSR count). The lowest BCUT2D eigenvalue weighted by Crippen LogP contribution is -2.23. The van der Waals surface area contributed by atoms with Gasteiger partial charge in [0.1, 0.15) is 0 Å². The summed E-state index contributed by atoms with van der Waals surface area (Å²) in [4.78, 5) is 47.0. The first-order chi connectivity index (χ1) is 25.9. The van der Waals surface area contributed by atoms with Crippen LogP contribution in [0.1, 0.15) is 179 Å². The molecule has 0 bridgehead atoms. The minimum absolute atomic E-state index is 0.601. The molecule has 4 N–H and O–H groups in total. The van der Waals surface area contributed by atoms with Gasteiger partial charge in [-0.2, -0.15) is 0 Å². The fourth-order valence-corrected chi connectivity index (χ4v) is 7.64. The van der Waals surface area contributed by atoms with Gasteiger partial charge in [-0.1, -0.05) is 62.8 Å². The lowest BCUT2D eigenvalue weighted by Gasteiger charge is -2.24. The highest BCUT2D eigenvalue weighted by atomic mass is 16.4. The maximum absolute atomic E-state index is 11.8. The van der Waals surface area contributed by atoms with Crippen molar-refractivity contribution in [2.75, 3.05) is 0 Å². The summed E-state index contributed by atoms with van der Waals surface area (Å²) >= 11 is 0. The third-order valence-corrected chi connectivity index (χ3v) is 12.4. The van der Waals surface area contributed by atoms with Crippen LogP contribution in [-0.4, -0.2) is 44.3 Å². The average Bonchev–Trinajstić information content (AvgIpc) is 3.10. The summed E-state index contributed by atoms with van der Waals surface area (Å²) in [6.07, 6.45) is 14.7. The van der Waals surface area contributed by atoms with Crippen LogP contribution >= 0.6 is 0 Å². The molecule has 0 saturated carbocycles. The third-order valence-electron chi connectivity index (χ3n) is 12.4. The summed E-state index contributed by atoms with van der Waals surface area (Å²) < 4.78 is 0. The number of benzene rings is 2. The molecular weight excluding hydrogens is 705 g/mol. The highest BCUT2D eigenvalue weighted by Crippen LogP contribution is 2.39. The zero-order valence-corrected chi connectivity index (χ0v) is 36.5. The van der Waals surface area contributed by atoms with Gasteiger partial charge in [-0.15, -0.1) is 0 Å². The quantitative estimate of drug-likeness (QED) is 0.0655. The molecule has 8 nitrogen and oxygen atoms in total. The van der Waals surface area contributed by atoms with Crippen LogP contribution < -0.4 is 0 Å². The molecule has 0 saturated heterocycles. The van der Waals surface area contributed by atoms with E-state index in [2.05, 4.69) is 38.1 Å². The minimum atomic E-state index is -0.778. The van der Waals surface area contributed by atoms with Crippen molar-refractivity contribution in [1.29, 1.82) is 0 Å². The SMILES string of the molecule is Cc1c(CCCCCC(C)(C)C(=O)O)cc(-c2c(CCCCCC(C)(C)C(=O)O)cccc2CCCCC(C)(C)C(=O)O)c(C)c1CCCCC(C)(C)C(=O)O. The van der Waals surface area contributed by atoms with Crippen molar-refractivity contribution in [2.24, 2.45) is 21.7 Å². The van der Waals surface area contributed by atoms with E-state index in [9.17, 15) is 39.6 Å². The van der Waals surface area contributed by atoms with Crippen LogP contribution in [0.2, 0.25) is 0 Å². The fourth-order valence-electron chi connectivity index (χ4n) is 7.64. The Morgan fingerprint density at radius 1 is 0.446 bits per heavy atom. The predicted octanol–water partition coefficient (Wildman–Crippen LogP) is 12.0. The van der Waals surface area contributed by atoms with E-state index < -0.39 is 45.5 Å². The van der Waals surface area contributed by atoms with Gasteiger partial charge in [0.2, 0.25) is 0 Å². The second kappa shape index (κ2) is 21.2. The van der Waals surface area contributed by atoms with Crippen LogP contribution in [0, 0.1) is 35.5 Å². The summed E-state index contributed by atoms with van der Waals surface area (Å²) in [5, 5.41) is 38.6. The summed E-state index contributed by atoms with van der Waals surface area (Å²) in [7, 11) is 0. The van der Waals surface area contributed by atoms with Crippen LogP contribution in [0.5, 0.6) is 0 Å². The molecule has 0 spiro atoms. The molecule has 0 fully saturated rings. The molecule has 0 aliphatic rings. The Kier molecular flexibility index (Phi) is 18.3. The van der Waals surface area contributed by atoms with Crippen molar-refractivity contribution >= 4 is 23.9 Å². The molecule has 56 heavy (non-hydrogen) atoms. The molecule has 0 aliphatic heterocycles. The molecule has 0 aromatic heterocycles. The van der Waals surface area contributed by atoms with Crippen molar-refractivity contribution < 1.29 is 39.6 Å². The molecule has 0 heterocycles. The first-order valence-corrected chi connectivity index (χ1v) is 21.1. The zero-order valence-electron chi connectivity index (χ0n) is 36.5. The van der Waals surface area contributed by atoms with Gasteiger partial charge >= 0.3 is 23.9 Å². The Morgan fingerprint density at radius 2 is 0.768 bits per heavy atom. The van der Waals surface area contributed by atoms with E-state index in [1.807, 2.05) is 0 Å². The molecular formula is C48H74O8. The van der Waals surface area contributed by atoms with Gasteiger partial charge in [0, 0.05) is 0 Å². The number of unbranched alkanes of at least 4 members (excludes halogenated alkanes) is 6. The highest BCUT2D eigenvalue weighted by Gasteiger charge is 2.29. The van der Waals surface area contributed by atoms with Crippen LogP contribution in [0.3, 0.4) is 0 Å². The van der Waals surface area contributed by atoms with Crippen molar-refractivity contribution in [3.63, 3.8) is 0 Å². The molecule has 314 valence electrons. The summed E-state index contributed by atoms with van der Waals surface area (Å²) in [5.74, 6) is -3.09. The summed E-state index contributed by atoms with van der Waals surface area (Å²) in [6, 6.07) is 8.96. The fraction of sp³-hybridized carbons (Fsp3) is 0.667. The number of carboxylic acid groups (broad SMARTS) is 4. The number of hydrogen-bond donors (Lipinski definition) is 4. The highest BCUT2D eigenvalue weighted by molar-refractivity contribution is 5.77. The first-order valence-electron chi connectivity index (χ1n) is 21.1. The number of carboxylic acids is 4. The number of aryl methyl sites for hydroxylation is 3. The summed E-state index contributed by atoms with van der Waals surface area (Å²) in [6.45, 7) is 18.7. The van der Waals surface area contributed by atoms with Gasteiger partial charge in [-0.3, -0.25) is 19.2 Å². The molecule has 0 radical (unpaired) electrons. The van der Waals surface area contributed by atoms with Crippen molar-refractivity contribution in [1.82, 2.24) is 0 Å². The van der Waals surface area contributed by atoms with E-state index in [0.717, 1.165) is 89.9 Å². The Balaban J connectivity index is 2.57. The van der Waals surface area contributed by atoms with Crippen LogP contribution in [-0.2, 0) is 44.9 Å². The maximum Gasteiger partial charge on any atom is 0.309 e. The second-order valence-electron chi connectivity index (χ2n) is 19.1. The van der Waals surface area contributed by atoms with Crippen molar-refractivity contribution in [3.05, 3.63) is 57.6 Å². The Morgan fingerprint density at radius 3 is 1.14 bits per heavy atom. The van der Waals surface area contributed by atoms with Gasteiger partial charge in [0.25, 0.3) is 0 Å². The molecule has 8 heteroatoms. The topological polar surface area (TPSA) is 149 Å². The number of rotatable bonds is 27. The van der Waals surface area contributed by atoms with Gasteiger partial charge < -0.3 is 20.4 Å². The maximum atomic E-state index is 11.8. The van der Waals surface area contributed by atoms with Crippen molar-refractivity contribution in [2.45, 2.75) is 185 Å². The number of hydrogen-bond acceptors (Lipinski definition) is 4. The zero-order chi connectivity index (χ0) is 42.5. The Hall–Kier alpha value is -3.68. The van der Waals surface area contributed by atoms with E-state index in [1.54, 1.807) is 55.4 Å². The number of aliphatic carboxylic acids is 4. The minimum Gasteiger partial charge on any atom is -0.481 e. The molecule has 0 amide bonds. The van der Waals surface area contributed by atoms with E-state index in [0.29, 0.717) is 25.7 Å². The second-order valence-corrected chi connectivity index (χ2v) is 19.1. The standard InChI is InChI=1S/C48H74O8/c1-33-37(24-14-12-18-29-46(5,6)42(51)52)32-39(34(2)38(33)27-16-20-31-48(9,10)44(55)56)40-35(22-13-11-17-28-45(3,4)41(49)50)25-21-26-36(40)23-15-19-30-47(7,8)43(53)54/h21,25-26,32H,11-20,22-24,27-31H2,1-10H3,(H,49,50)(H,51,52)(H,53,54)(H,55,56). The molecule has 0 atom stereocenters. The lowest BCUT2D eigenvalue weighted by molar-refractivity contribution is -0.148. The van der Waals surface area contributed by atoms with Crippen LogP contribution in [0.25, 0.3) is 11.1 Å². The van der Waals surface area contributed by atoms with Crippen LogP contribution in [0.15, 0.2) is 24.3 Å². The molecule has 2 aromatic rings. The van der Waals surface area contributed by atoms with Crippen molar-refractivity contribution in [3.8, 4) is 11.1 Å². The van der Waals surface area contributed by atoms with E-state index in [-0.39, 0.29) is 0 Å². The van der Waals surface area contributed by atoms with Gasteiger partial charge in [-0.05, 0) is 191 Å². The van der Waals surface area contributed by atoms with Gasteiger partial charge in [-0.25, -0.2) is 0 Å². The van der Waals surface area contributed by atoms with Crippen LogP contribution in [0.4, 0.5) is 0 Å². The lowest BCUT2D eigenvalue weighted by atomic mass is 9.80. The van der Waals surface area contributed by atoms with E-state index in [1.165, 1.54) is 44.5 Å². The molecule has 0 unspecified atom stereocenters. The Bertz CT molecular complexity index is 1640. The van der Waals surface area contributed by atoms with E-state index in [4.69, 9.17) is 0 Å². The largest absolute Gasteiger partial charge is 0.481 e. The molecule has 2 aromatic carbocycles. The summed E-state index contributed by atoms with van der Waals surface area (Å²) in [5.41, 5.74) is 7.10. The third kappa shape index (κ3) is 14.4. The first kappa shape index (κ1) is 48.5. The monoisotopic (exact) mass is 779 g/mol. The van der Waals surface area contributed by atoms with Gasteiger partial charge in [0.15, 0.2) is 0 Å². The van der Waals surface area contributed by atoms with Gasteiger partial charge in [0.05, 0.1) is 21.7 Å². The Labute approximate surface area is 337 Å². The normalized spacial score (nSPS) is 12.5. The number of carbonyl (C=O) groups is 4. The van der Waals surface area contributed by atoms with E-state index >= 15 is 0 Å². The molecule has 0 aliphatic carbocycles.